The highest BCUT2D eigenvalue weighted by Crippen LogP contribution is 2.22. The summed E-state index contributed by atoms with van der Waals surface area (Å²) < 4.78 is 10.6. The number of hydrogen-bond acceptors (Lipinski definition) is 5. The number of rotatable bonds is 6. The second-order valence-electron chi connectivity index (χ2n) is 5.93. The number of aliphatic hydroxyl groups is 1. The lowest BCUT2D eigenvalue weighted by molar-refractivity contribution is -0.123. The molecule has 134 valence electrons. The van der Waals surface area contributed by atoms with E-state index in [0.717, 1.165) is 16.5 Å². The molecule has 1 amide bonds. The van der Waals surface area contributed by atoms with E-state index in [9.17, 15) is 14.7 Å². The van der Waals surface area contributed by atoms with Crippen LogP contribution < -0.4 is 15.7 Å². The molecule has 0 radical (unpaired) electrons. The van der Waals surface area contributed by atoms with Gasteiger partial charge in [0, 0.05) is 24.1 Å². The topological polar surface area (TPSA) is 88.8 Å². The molecule has 2 aromatic carbocycles. The van der Waals surface area contributed by atoms with Gasteiger partial charge in [0.2, 0.25) is 0 Å². The minimum absolute atomic E-state index is 0.0952. The van der Waals surface area contributed by atoms with Crippen LogP contribution in [0.4, 0.5) is 0 Å². The molecule has 6 heteroatoms. The highest BCUT2D eigenvalue weighted by Gasteiger charge is 2.10. The van der Waals surface area contributed by atoms with Gasteiger partial charge in [-0.1, -0.05) is 30.3 Å². The molecule has 0 aliphatic rings. The van der Waals surface area contributed by atoms with Crippen LogP contribution in [0, 0.1) is 6.92 Å². The van der Waals surface area contributed by atoms with Crippen molar-refractivity contribution in [1.82, 2.24) is 5.32 Å². The summed E-state index contributed by atoms with van der Waals surface area (Å²) in [6.07, 6.45) is -0.780. The highest BCUT2D eigenvalue weighted by molar-refractivity contribution is 5.81. The molecule has 0 saturated carbocycles. The number of hydrogen-bond donors (Lipinski definition) is 2. The van der Waals surface area contributed by atoms with Crippen LogP contribution in [-0.2, 0) is 4.79 Å². The average Bonchev–Trinajstić information content (AvgIpc) is 2.64. The van der Waals surface area contributed by atoms with E-state index in [1.165, 1.54) is 6.07 Å². The molecular weight excluding hydrogens is 334 g/mol. The maximum atomic E-state index is 11.9. The Bertz CT molecular complexity index is 965. The Balaban J connectivity index is 1.56. The maximum absolute atomic E-state index is 11.9. The number of benzene rings is 2. The Hall–Kier alpha value is -3.12. The van der Waals surface area contributed by atoms with Gasteiger partial charge in [0.15, 0.2) is 6.61 Å². The summed E-state index contributed by atoms with van der Waals surface area (Å²) in [7, 11) is 0. The van der Waals surface area contributed by atoms with E-state index in [1.807, 2.05) is 25.1 Å². The van der Waals surface area contributed by atoms with Crippen molar-refractivity contribution in [2.75, 3.05) is 13.2 Å². The fourth-order valence-corrected chi connectivity index (χ4v) is 2.60. The fraction of sp³-hybridized carbons (Fsp3) is 0.200. The first-order valence-electron chi connectivity index (χ1n) is 8.20. The first kappa shape index (κ1) is 17.7. The fourth-order valence-electron chi connectivity index (χ4n) is 2.60. The molecule has 0 aliphatic carbocycles. The van der Waals surface area contributed by atoms with Crippen LogP contribution >= 0.6 is 0 Å². The lowest BCUT2D eigenvalue weighted by Gasteiger charge is -2.12. The van der Waals surface area contributed by atoms with Gasteiger partial charge < -0.3 is 19.6 Å². The van der Waals surface area contributed by atoms with Crippen LogP contribution in [-0.4, -0.2) is 24.2 Å². The van der Waals surface area contributed by atoms with Crippen molar-refractivity contribution < 1.29 is 19.1 Å². The third-order valence-electron chi connectivity index (χ3n) is 3.97. The summed E-state index contributed by atoms with van der Waals surface area (Å²) in [5.41, 5.74) is 1.52. The monoisotopic (exact) mass is 353 g/mol. The number of carbonyl (C=O) groups is 1. The number of fused-ring (bicyclic) bond motifs is 1. The van der Waals surface area contributed by atoms with E-state index in [0.29, 0.717) is 11.3 Å². The predicted molar refractivity (Wildman–Crippen MR) is 97.1 cm³/mol. The summed E-state index contributed by atoms with van der Waals surface area (Å²) in [5.74, 6) is 0.0655. The van der Waals surface area contributed by atoms with E-state index in [1.54, 1.807) is 30.3 Å². The molecule has 3 aromatic rings. The number of nitrogens with one attached hydrogen (secondary N) is 1. The zero-order valence-corrected chi connectivity index (χ0v) is 14.3. The van der Waals surface area contributed by atoms with Crippen molar-refractivity contribution in [2.24, 2.45) is 0 Å². The summed E-state index contributed by atoms with van der Waals surface area (Å²) in [5, 5.41) is 13.5. The molecule has 6 nitrogen and oxygen atoms in total. The van der Waals surface area contributed by atoms with E-state index in [4.69, 9.17) is 9.15 Å². The average molecular weight is 353 g/mol. The van der Waals surface area contributed by atoms with Crippen LogP contribution in [0.3, 0.4) is 0 Å². The standard InChI is InChI=1S/C20H19NO5/c1-13-9-20(24)26-18-10-15(7-8-16(13)18)25-12-19(23)21-11-17(22)14-5-3-2-4-6-14/h2-10,17,22H,11-12H2,1H3,(H,21,23)/t17-/m1/s1. The molecule has 2 N–H and O–H groups in total. The third-order valence-corrected chi connectivity index (χ3v) is 3.97. The second kappa shape index (κ2) is 7.84. The summed E-state index contributed by atoms with van der Waals surface area (Å²) >= 11 is 0. The smallest absolute Gasteiger partial charge is 0.336 e. The predicted octanol–water partition coefficient (Wildman–Crippen LogP) is 2.33. The molecule has 26 heavy (non-hydrogen) atoms. The number of amides is 1. The number of carbonyl (C=O) groups excluding carboxylic acids is 1. The lowest BCUT2D eigenvalue weighted by atomic mass is 10.1. The van der Waals surface area contributed by atoms with Gasteiger partial charge in [-0.25, -0.2) is 4.79 Å². The van der Waals surface area contributed by atoms with Crippen molar-refractivity contribution >= 4 is 16.9 Å². The van der Waals surface area contributed by atoms with Crippen LogP contribution in [0.1, 0.15) is 17.2 Å². The van der Waals surface area contributed by atoms with Gasteiger partial charge in [-0.3, -0.25) is 4.79 Å². The Morgan fingerprint density at radius 2 is 1.96 bits per heavy atom. The quantitative estimate of drug-likeness (QED) is 0.664. The van der Waals surface area contributed by atoms with Crippen molar-refractivity contribution in [2.45, 2.75) is 13.0 Å². The molecule has 0 fully saturated rings. The Morgan fingerprint density at radius 3 is 2.73 bits per heavy atom. The van der Waals surface area contributed by atoms with Crippen molar-refractivity contribution in [3.05, 3.63) is 76.1 Å². The molecular formula is C20H19NO5. The molecule has 1 aromatic heterocycles. The molecule has 1 atom stereocenters. The van der Waals surface area contributed by atoms with Gasteiger partial charge in [0.05, 0.1) is 6.10 Å². The summed E-state index contributed by atoms with van der Waals surface area (Å²) in [4.78, 5) is 23.4. The normalized spacial score (nSPS) is 11.9. The van der Waals surface area contributed by atoms with E-state index in [-0.39, 0.29) is 19.1 Å². The van der Waals surface area contributed by atoms with Crippen molar-refractivity contribution in [1.29, 1.82) is 0 Å². The van der Waals surface area contributed by atoms with Gasteiger partial charge in [0.1, 0.15) is 11.3 Å². The molecule has 0 saturated heterocycles. The molecule has 0 aliphatic heterocycles. The van der Waals surface area contributed by atoms with E-state index in [2.05, 4.69) is 5.32 Å². The van der Waals surface area contributed by atoms with Crippen molar-refractivity contribution in [3.63, 3.8) is 0 Å². The Kier molecular flexibility index (Phi) is 5.34. The lowest BCUT2D eigenvalue weighted by Crippen LogP contribution is -2.32. The number of aliphatic hydroxyl groups excluding tert-OH is 1. The first-order chi connectivity index (χ1) is 12.5. The van der Waals surface area contributed by atoms with Crippen LogP contribution in [0.15, 0.2) is 63.8 Å². The van der Waals surface area contributed by atoms with E-state index >= 15 is 0 Å². The maximum Gasteiger partial charge on any atom is 0.336 e. The third kappa shape index (κ3) is 4.29. The summed E-state index contributed by atoms with van der Waals surface area (Å²) in [6, 6.07) is 15.6. The van der Waals surface area contributed by atoms with Gasteiger partial charge in [-0.15, -0.1) is 0 Å². The minimum Gasteiger partial charge on any atom is -0.484 e. The van der Waals surface area contributed by atoms with Crippen molar-refractivity contribution in [3.8, 4) is 5.75 Å². The largest absolute Gasteiger partial charge is 0.484 e. The van der Waals surface area contributed by atoms with Crippen LogP contribution in [0.2, 0.25) is 0 Å². The van der Waals surface area contributed by atoms with Crippen LogP contribution in [0.25, 0.3) is 11.0 Å². The van der Waals surface area contributed by atoms with Gasteiger partial charge in [0.25, 0.3) is 5.91 Å². The Morgan fingerprint density at radius 1 is 1.19 bits per heavy atom. The molecule has 0 bridgehead atoms. The minimum atomic E-state index is -0.780. The second-order valence-corrected chi connectivity index (χ2v) is 5.93. The Labute approximate surface area is 150 Å². The number of ether oxygens (including phenoxy) is 1. The molecule has 0 spiro atoms. The number of aryl methyl sites for hydroxylation is 1. The zero-order chi connectivity index (χ0) is 18.5. The van der Waals surface area contributed by atoms with E-state index < -0.39 is 11.7 Å². The molecule has 1 heterocycles. The van der Waals surface area contributed by atoms with Crippen LogP contribution in [0.5, 0.6) is 5.75 Å². The highest BCUT2D eigenvalue weighted by atomic mass is 16.5. The van der Waals surface area contributed by atoms with Gasteiger partial charge in [-0.05, 0) is 30.2 Å². The summed E-state index contributed by atoms with van der Waals surface area (Å²) in [6.45, 7) is 1.71. The van der Waals surface area contributed by atoms with Gasteiger partial charge >= 0.3 is 5.63 Å². The molecule has 3 rings (SSSR count). The SMILES string of the molecule is Cc1cc(=O)oc2cc(OCC(=O)NC[C@@H](O)c3ccccc3)ccc12. The first-order valence-corrected chi connectivity index (χ1v) is 8.20. The molecule has 0 unspecified atom stereocenters. The zero-order valence-electron chi connectivity index (χ0n) is 14.3. The van der Waals surface area contributed by atoms with Gasteiger partial charge in [-0.2, -0.15) is 0 Å².